The van der Waals surface area contributed by atoms with Gasteiger partial charge < -0.3 is 71.3 Å². The highest BCUT2D eigenvalue weighted by Gasteiger charge is 2.25. The van der Waals surface area contributed by atoms with Crippen molar-refractivity contribution in [2.75, 3.05) is 163 Å². The Hall–Kier alpha value is -1.76. The topological polar surface area (TPSA) is 190 Å². The van der Waals surface area contributed by atoms with Gasteiger partial charge in [0.2, 0.25) is 0 Å². The monoisotopic (exact) mass is 1200 g/mol. The third kappa shape index (κ3) is 20.5. The molecule has 0 aromatic heterocycles. The van der Waals surface area contributed by atoms with E-state index in [9.17, 15) is 20.4 Å². The van der Waals surface area contributed by atoms with Gasteiger partial charge in [-0.05, 0) is 175 Å². The molecule has 0 saturated heterocycles. The number of aryl methyl sites for hydroxylation is 3. The summed E-state index contributed by atoms with van der Waals surface area (Å²) in [6, 6.07) is 6.55. The number of aliphatic hydroxyl groups is 4. The maximum Gasteiger partial charge on any atom is 0.0945 e. The molecule has 2 fully saturated rings. The average molecular weight is 1200 g/mol. The third-order valence-corrected chi connectivity index (χ3v) is 19.8. The lowest BCUT2D eigenvalue weighted by Gasteiger charge is -2.29. The quantitative estimate of drug-likeness (QED) is 0.0194. The van der Waals surface area contributed by atoms with Gasteiger partial charge in [-0.15, -0.1) is 70.6 Å². The summed E-state index contributed by atoms with van der Waals surface area (Å²) in [7, 11) is 3.91. The zero-order chi connectivity index (χ0) is 56.6. The molecular weight excluding hydrogens is 1100 g/mol. The number of nitrogens with one attached hydrogen (secondary N) is 6. The predicted molar refractivity (Wildman–Crippen MR) is 340 cm³/mol. The van der Waals surface area contributed by atoms with E-state index in [0.717, 1.165) is 122 Å². The van der Waals surface area contributed by atoms with Gasteiger partial charge in [0.1, 0.15) is 0 Å². The van der Waals surface area contributed by atoms with Crippen LogP contribution < -0.4 is 31.9 Å². The standard InChI is InChI=1S/C58H96N6O8S6/c1-36-22-47(73-6)53(59-4)56(76-9)50(36)61-26-44(66)33-70-30-40-14-12-39(13-15-40)29-69-21-20-43(65)25-64-55-49(75-8)24-38(3)52(58(55)78-11)63-28-46(68)35-72-32-42-18-16-41(17-19-42)31-71-34-45(67)27-62-51-37(2)23-48(74-7)54(60-5)57(51)77-10/h22-24,39-46,59-68H,12-21,25-35H2,1-11H3. The van der Waals surface area contributed by atoms with Gasteiger partial charge in [-0.2, -0.15) is 0 Å². The molecular formula is C58H96N6O8S6. The lowest BCUT2D eigenvalue weighted by atomic mass is 9.83. The van der Waals surface area contributed by atoms with Crippen molar-refractivity contribution in [1.29, 1.82) is 0 Å². The Balaban J connectivity index is 0.924. The zero-order valence-corrected chi connectivity index (χ0v) is 53.5. The average Bonchev–Trinajstić information content (AvgIpc) is 3.49. The molecule has 0 radical (unpaired) electrons. The highest BCUT2D eigenvalue weighted by molar-refractivity contribution is 8.00. The first kappa shape index (κ1) is 67.0. The number of hydrogen-bond donors (Lipinski definition) is 10. The molecule has 2 saturated carbocycles. The van der Waals surface area contributed by atoms with Crippen LogP contribution in [0.25, 0.3) is 0 Å². The minimum Gasteiger partial charge on any atom is -0.391 e. The largest absolute Gasteiger partial charge is 0.391 e. The van der Waals surface area contributed by atoms with Crippen LogP contribution in [0.3, 0.4) is 0 Å². The lowest BCUT2D eigenvalue weighted by molar-refractivity contribution is 0.000970. The van der Waals surface area contributed by atoms with Crippen LogP contribution in [0.2, 0.25) is 0 Å². The molecule has 2 aliphatic rings. The van der Waals surface area contributed by atoms with Crippen LogP contribution in [-0.2, 0) is 18.9 Å². The number of rotatable bonds is 37. The Kier molecular flexibility index (Phi) is 31.0. The number of thioether (sulfide) groups is 6. The van der Waals surface area contributed by atoms with E-state index in [1.165, 1.54) is 9.79 Å². The molecule has 20 heteroatoms. The number of benzene rings is 3. The summed E-state index contributed by atoms with van der Waals surface area (Å²) in [5.74, 6) is 1.94. The van der Waals surface area contributed by atoms with E-state index in [1.54, 1.807) is 70.6 Å². The molecule has 0 bridgehead atoms. The van der Waals surface area contributed by atoms with Gasteiger partial charge in [0.05, 0.1) is 93.0 Å². The van der Waals surface area contributed by atoms with Crippen LogP contribution in [0.4, 0.5) is 34.1 Å². The van der Waals surface area contributed by atoms with Gasteiger partial charge in [0.25, 0.3) is 0 Å². The van der Waals surface area contributed by atoms with Crippen LogP contribution >= 0.6 is 70.6 Å². The Morgan fingerprint density at radius 1 is 0.410 bits per heavy atom. The van der Waals surface area contributed by atoms with Crippen LogP contribution in [0.15, 0.2) is 47.6 Å². The molecule has 0 amide bonds. The lowest BCUT2D eigenvalue weighted by Crippen LogP contribution is -2.29. The van der Waals surface area contributed by atoms with Crippen LogP contribution in [0.5, 0.6) is 0 Å². The van der Waals surface area contributed by atoms with Crippen LogP contribution in [-0.4, -0.2) is 176 Å². The maximum absolute atomic E-state index is 11.1. The van der Waals surface area contributed by atoms with Crippen molar-refractivity contribution in [3.05, 3.63) is 34.9 Å². The predicted octanol–water partition coefficient (Wildman–Crippen LogP) is 11.6. The maximum atomic E-state index is 11.1. The molecule has 14 nitrogen and oxygen atoms in total. The van der Waals surface area contributed by atoms with Crippen molar-refractivity contribution in [2.45, 2.75) is 132 Å². The molecule has 4 unspecified atom stereocenters. The Bertz CT molecular complexity index is 2240. The molecule has 5 rings (SSSR count). The summed E-state index contributed by atoms with van der Waals surface area (Å²) in [4.78, 5) is 6.93. The minimum atomic E-state index is -0.665. The molecule has 0 spiro atoms. The fourth-order valence-corrected chi connectivity index (χ4v) is 15.3. The molecule has 3 aromatic rings. The normalized spacial score (nSPS) is 19.3. The number of anilines is 6. The minimum absolute atomic E-state index is 0.265. The van der Waals surface area contributed by atoms with Crippen molar-refractivity contribution in [3.8, 4) is 0 Å². The van der Waals surface area contributed by atoms with Crippen molar-refractivity contribution in [1.82, 2.24) is 0 Å². The van der Waals surface area contributed by atoms with Gasteiger partial charge in [0, 0.05) is 88.0 Å². The van der Waals surface area contributed by atoms with E-state index in [0.29, 0.717) is 103 Å². The molecule has 4 atom stereocenters. The first-order chi connectivity index (χ1) is 37.7. The van der Waals surface area contributed by atoms with Crippen molar-refractivity contribution in [2.24, 2.45) is 23.7 Å². The summed E-state index contributed by atoms with van der Waals surface area (Å²) in [6.07, 6.45) is 19.3. The highest BCUT2D eigenvalue weighted by atomic mass is 32.2. The SMILES string of the molecule is CNc1c(SC)cc(C)c(NCC(O)COCC2CCC(COCCC(O)CNc3c(SC)cc(C)c(NCC(O)COCC4CCC(COCC(O)CNc5c(C)cc(SC)c(NC)c5SC)CC4)c3SC)CC2)c1SC. The van der Waals surface area contributed by atoms with E-state index < -0.39 is 24.4 Å². The fraction of sp³-hybridized carbons (Fsp3) is 0.690. The highest BCUT2D eigenvalue weighted by Crippen LogP contribution is 2.45. The molecule has 442 valence electrons. The van der Waals surface area contributed by atoms with Gasteiger partial charge >= 0.3 is 0 Å². The second-order valence-corrected chi connectivity index (χ2v) is 25.9. The van der Waals surface area contributed by atoms with E-state index in [2.05, 4.69) is 108 Å². The zero-order valence-electron chi connectivity index (χ0n) is 48.6. The van der Waals surface area contributed by atoms with Crippen molar-refractivity contribution in [3.63, 3.8) is 0 Å². The Morgan fingerprint density at radius 3 is 1.00 bits per heavy atom. The molecule has 2 aliphatic carbocycles. The second kappa shape index (κ2) is 36.1. The van der Waals surface area contributed by atoms with Gasteiger partial charge in [-0.25, -0.2) is 0 Å². The Labute approximate surface area is 494 Å². The molecule has 0 heterocycles. The Morgan fingerprint density at radius 2 is 0.692 bits per heavy atom. The summed E-state index contributed by atoms with van der Waals surface area (Å²) in [5.41, 5.74) is 9.76. The van der Waals surface area contributed by atoms with E-state index in [4.69, 9.17) is 18.9 Å². The second-order valence-electron chi connectivity index (χ2n) is 20.9. The summed E-state index contributed by atoms with van der Waals surface area (Å²) in [5, 5.41) is 64.4. The van der Waals surface area contributed by atoms with Gasteiger partial charge in [0.15, 0.2) is 0 Å². The van der Waals surface area contributed by atoms with Gasteiger partial charge in [-0.1, -0.05) is 0 Å². The summed E-state index contributed by atoms with van der Waals surface area (Å²) < 4.78 is 24.3. The summed E-state index contributed by atoms with van der Waals surface area (Å²) in [6.45, 7) is 12.0. The van der Waals surface area contributed by atoms with Gasteiger partial charge in [-0.3, -0.25) is 0 Å². The third-order valence-electron chi connectivity index (χ3n) is 15.0. The van der Waals surface area contributed by atoms with Crippen LogP contribution in [0, 0.1) is 44.4 Å². The smallest absolute Gasteiger partial charge is 0.0945 e. The molecule has 78 heavy (non-hydrogen) atoms. The molecule has 3 aromatic carbocycles. The molecule has 10 N–H and O–H groups in total. The first-order valence-electron chi connectivity index (χ1n) is 27.8. The van der Waals surface area contributed by atoms with Crippen molar-refractivity contribution >= 4 is 105 Å². The fourth-order valence-electron chi connectivity index (χ4n) is 10.5. The molecule has 0 aliphatic heterocycles. The number of ether oxygens (including phenoxy) is 4. The summed E-state index contributed by atoms with van der Waals surface area (Å²) >= 11 is 10.2. The first-order valence-corrected chi connectivity index (χ1v) is 35.2. The van der Waals surface area contributed by atoms with E-state index >= 15 is 0 Å². The van der Waals surface area contributed by atoms with E-state index in [1.807, 2.05) is 14.1 Å². The van der Waals surface area contributed by atoms with Crippen molar-refractivity contribution < 1.29 is 39.4 Å². The number of aliphatic hydroxyl groups excluding tert-OH is 4. The number of hydrogen-bond acceptors (Lipinski definition) is 20. The van der Waals surface area contributed by atoms with Crippen LogP contribution in [0.1, 0.15) is 74.5 Å². The van der Waals surface area contributed by atoms with E-state index in [-0.39, 0.29) is 6.61 Å².